The van der Waals surface area contributed by atoms with E-state index in [1.54, 1.807) is 0 Å². The first-order valence-electron chi connectivity index (χ1n) is 17.6. The van der Waals surface area contributed by atoms with Gasteiger partial charge >= 0.3 is 0 Å². The van der Waals surface area contributed by atoms with E-state index in [0.717, 1.165) is 0 Å². The predicted molar refractivity (Wildman–Crippen MR) is 216 cm³/mol. The smallest absolute Gasteiger partial charge is 0.000718 e. The van der Waals surface area contributed by atoms with Gasteiger partial charge in [-0.2, -0.15) is 0 Å². The van der Waals surface area contributed by atoms with E-state index in [4.69, 9.17) is 0 Å². The summed E-state index contributed by atoms with van der Waals surface area (Å²) in [5, 5.41) is 15.6. The second-order valence-corrected chi connectivity index (χ2v) is 14.1. The fourth-order valence-electron chi connectivity index (χ4n) is 9.19. The van der Waals surface area contributed by atoms with Gasteiger partial charge in [0.2, 0.25) is 0 Å². The van der Waals surface area contributed by atoms with E-state index >= 15 is 0 Å². The highest BCUT2D eigenvalue weighted by atomic mass is 14.3. The molecule has 0 heteroatoms. The molecule has 1 aliphatic carbocycles. The summed E-state index contributed by atoms with van der Waals surface area (Å²) in [7, 11) is 0. The highest BCUT2D eigenvalue weighted by molar-refractivity contribution is 6.31. The maximum absolute atomic E-state index is 2.45. The van der Waals surface area contributed by atoms with Crippen LogP contribution >= 0.6 is 0 Å². The van der Waals surface area contributed by atoms with Crippen LogP contribution < -0.4 is 0 Å². The quantitative estimate of drug-likeness (QED) is 0.166. The van der Waals surface area contributed by atoms with Gasteiger partial charge in [0, 0.05) is 0 Å². The van der Waals surface area contributed by atoms with Gasteiger partial charge in [-0.3, -0.25) is 0 Å². The van der Waals surface area contributed by atoms with Crippen molar-refractivity contribution < 1.29 is 0 Å². The minimum atomic E-state index is 1.27. The van der Waals surface area contributed by atoms with Crippen LogP contribution in [0.15, 0.2) is 158 Å². The zero-order valence-electron chi connectivity index (χ0n) is 28.0. The molecule has 0 saturated carbocycles. The van der Waals surface area contributed by atoms with Crippen LogP contribution in [-0.4, -0.2) is 0 Å². The van der Waals surface area contributed by atoms with E-state index < -0.39 is 0 Å². The number of benzene rings is 10. The van der Waals surface area contributed by atoms with Crippen LogP contribution in [0.3, 0.4) is 0 Å². The summed E-state index contributed by atoms with van der Waals surface area (Å²) in [5.41, 5.74) is 13.2. The van der Waals surface area contributed by atoms with E-state index in [9.17, 15) is 0 Å². The molecule has 0 heterocycles. The van der Waals surface area contributed by atoms with Crippen LogP contribution in [0.5, 0.6) is 0 Å². The van der Waals surface area contributed by atoms with Gasteiger partial charge in [-0.15, -0.1) is 0 Å². The highest BCUT2D eigenvalue weighted by Gasteiger charge is 2.32. The Morgan fingerprint density at radius 1 is 0.280 bits per heavy atom. The Morgan fingerprint density at radius 3 is 1.40 bits per heavy atom. The van der Waals surface area contributed by atoms with E-state index in [2.05, 4.69) is 172 Å². The molecule has 0 amide bonds. The zero-order valence-corrected chi connectivity index (χ0v) is 28.0. The topological polar surface area (TPSA) is 0 Å². The average molecular weight is 633 g/mol. The normalized spacial score (nSPS) is 12.2. The molecule has 0 bridgehead atoms. The second-order valence-electron chi connectivity index (χ2n) is 14.1. The largest absolute Gasteiger partial charge is 0.0616 e. The number of hydrogen-bond donors (Lipinski definition) is 0. The van der Waals surface area contributed by atoms with Gasteiger partial charge in [0.1, 0.15) is 0 Å². The fraction of sp³-hybridized carbons (Fsp3) is 0.0400. The van der Waals surface area contributed by atoms with Crippen molar-refractivity contribution in [3.8, 4) is 44.5 Å². The van der Waals surface area contributed by atoms with Crippen molar-refractivity contribution in [2.75, 3.05) is 0 Å². The number of aryl methyl sites for hydroxylation is 2. The molecule has 0 nitrogen and oxygen atoms in total. The standard InChI is InChI=1S/C50H32/c1-29-22-24-40-43(26-29)48(45-28-32-13-4-6-15-35(32)37-17-8-10-19-39(37)45)49-41-21-11-20-33-30(2)23-25-42(46(33)41)50(49)47(40)44-27-31-12-3-5-14-34(31)36-16-7-9-18-38(36)44/h3-28H,1-2H3. The van der Waals surface area contributed by atoms with Crippen molar-refractivity contribution in [1.82, 2.24) is 0 Å². The Labute approximate surface area is 290 Å². The monoisotopic (exact) mass is 632 g/mol. The molecule has 11 rings (SSSR count). The molecule has 0 aliphatic heterocycles. The van der Waals surface area contributed by atoms with Crippen LogP contribution in [0.4, 0.5) is 0 Å². The number of fused-ring (bicyclic) bond motifs is 10. The minimum absolute atomic E-state index is 1.27. The molecule has 0 radical (unpaired) electrons. The lowest BCUT2D eigenvalue weighted by molar-refractivity contribution is 1.50. The first-order chi connectivity index (χ1) is 24.7. The SMILES string of the molecule is Cc1ccc2c(-c3cc4ccccc4c4ccccc34)c3c(c(-c4cc5ccccc5c5ccccc45)c2c1)-c1cccc2c(C)ccc-3c12. The summed E-state index contributed by atoms with van der Waals surface area (Å²) in [4.78, 5) is 0. The third-order valence-corrected chi connectivity index (χ3v) is 11.3. The maximum Gasteiger partial charge on any atom is -0.000718 e. The zero-order chi connectivity index (χ0) is 33.1. The van der Waals surface area contributed by atoms with Crippen molar-refractivity contribution in [3.05, 3.63) is 169 Å². The molecule has 1 aliphatic rings. The second kappa shape index (κ2) is 10.1. The van der Waals surface area contributed by atoms with Gasteiger partial charge in [0.25, 0.3) is 0 Å². The third kappa shape index (κ3) is 3.66. The van der Waals surface area contributed by atoms with Gasteiger partial charge in [-0.25, -0.2) is 0 Å². The first-order valence-corrected chi connectivity index (χ1v) is 17.6. The van der Waals surface area contributed by atoms with Crippen molar-refractivity contribution in [2.24, 2.45) is 0 Å². The highest BCUT2D eigenvalue weighted by Crippen LogP contribution is 2.59. The van der Waals surface area contributed by atoms with Crippen LogP contribution in [0.2, 0.25) is 0 Å². The van der Waals surface area contributed by atoms with Crippen molar-refractivity contribution in [1.29, 1.82) is 0 Å². The van der Waals surface area contributed by atoms with Gasteiger partial charge in [-0.1, -0.05) is 151 Å². The van der Waals surface area contributed by atoms with E-state index in [-0.39, 0.29) is 0 Å². The predicted octanol–water partition coefficient (Wildman–Crippen LogP) is 14.2. The third-order valence-electron chi connectivity index (χ3n) is 11.3. The first kappa shape index (κ1) is 27.7. The van der Waals surface area contributed by atoms with Crippen LogP contribution in [0.1, 0.15) is 11.1 Å². The molecule has 0 saturated heterocycles. The summed E-state index contributed by atoms with van der Waals surface area (Å²) in [6.07, 6.45) is 0. The van der Waals surface area contributed by atoms with Crippen molar-refractivity contribution in [2.45, 2.75) is 13.8 Å². The van der Waals surface area contributed by atoms with Gasteiger partial charge in [0.15, 0.2) is 0 Å². The lowest BCUT2D eigenvalue weighted by atomic mass is 9.79. The molecule has 0 aromatic heterocycles. The Balaban J connectivity index is 1.42. The fourth-order valence-corrected chi connectivity index (χ4v) is 9.19. The van der Waals surface area contributed by atoms with Gasteiger partial charge in [-0.05, 0) is 141 Å². The minimum Gasteiger partial charge on any atom is -0.0616 e. The number of hydrogen-bond acceptors (Lipinski definition) is 0. The lowest BCUT2D eigenvalue weighted by Crippen LogP contribution is -1.96. The molecule has 0 atom stereocenters. The summed E-state index contributed by atoms with van der Waals surface area (Å²) in [6.45, 7) is 4.49. The van der Waals surface area contributed by atoms with Gasteiger partial charge < -0.3 is 0 Å². The Morgan fingerprint density at radius 2 is 0.780 bits per heavy atom. The van der Waals surface area contributed by atoms with E-state index in [1.165, 1.54) is 120 Å². The maximum atomic E-state index is 2.45. The molecule has 10 aromatic rings. The van der Waals surface area contributed by atoms with Gasteiger partial charge in [0.05, 0.1) is 0 Å². The molecule has 0 spiro atoms. The Bertz CT molecular complexity index is 3100. The summed E-state index contributed by atoms with van der Waals surface area (Å²) >= 11 is 0. The Kier molecular flexibility index (Phi) is 5.61. The summed E-state index contributed by atoms with van der Waals surface area (Å²) in [5.74, 6) is 0. The van der Waals surface area contributed by atoms with E-state index in [1.807, 2.05) is 0 Å². The van der Waals surface area contributed by atoms with Crippen LogP contribution in [-0.2, 0) is 0 Å². The molecule has 50 heavy (non-hydrogen) atoms. The summed E-state index contributed by atoms with van der Waals surface area (Å²) < 4.78 is 0. The summed E-state index contributed by atoms with van der Waals surface area (Å²) in [6, 6.07) is 59.4. The average Bonchev–Trinajstić information content (AvgIpc) is 3.49. The van der Waals surface area contributed by atoms with E-state index in [0.29, 0.717) is 0 Å². The molecule has 0 N–H and O–H groups in total. The molecule has 0 fully saturated rings. The Hall–Kier alpha value is -6.24. The van der Waals surface area contributed by atoms with Crippen LogP contribution in [0, 0.1) is 13.8 Å². The lowest BCUT2D eigenvalue weighted by Gasteiger charge is -2.23. The molecular formula is C50H32. The van der Waals surface area contributed by atoms with Crippen molar-refractivity contribution in [3.63, 3.8) is 0 Å². The molecule has 232 valence electrons. The van der Waals surface area contributed by atoms with Crippen LogP contribution in [0.25, 0.3) is 109 Å². The molecule has 10 aromatic carbocycles. The molecular weight excluding hydrogens is 601 g/mol. The number of rotatable bonds is 2. The molecule has 0 unspecified atom stereocenters. The van der Waals surface area contributed by atoms with Crippen molar-refractivity contribution >= 4 is 64.6 Å².